The zero-order valence-electron chi connectivity index (χ0n) is 25.2. The Hall–Kier alpha value is -4.38. The van der Waals surface area contributed by atoms with Gasteiger partial charge in [0.05, 0.1) is 22.4 Å². The van der Waals surface area contributed by atoms with Crippen LogP contribution in [0.2, 0.25) is 0 Å². The number of allylic oxidation sites excluding steroid dienone is 1. The minimum absolute atomic E-state index is 0. The van der Waals surface area contributed by atoms with Crippen LogP contribution in [0.5, 0.6) is 0 Å². The van der Waals surface area contributed by atoms with Gasteiger partial charge in [0.1, 0.15) is 0 Å². The van der Waals surface area contributed by atoms with Gasteiger partial charge in [-0.2, -0.15) is 0 Å². The Bertz CT molecular complexity index is 2120. The first-order valence-corrected chi connectivity index (χ1v) is 14.6. The second-order valence-electron chi connectivity index (χ2n) is 12.3. The molecule has 1 aliphatic rings. The van der Waals surface area contributed by atoms with Gasteiger partial charge in [0.25, 0.3) is 0 Å². The van der Waals surface area contributed by atoms with Crippen molar-refractivity contribution in [3.8, 4) is 22.6 Å². The molecule has 44 heavy (non-hydrogen) atoms. The number of pyridine rings is 2. The smallest absolute Gasteiger partial charge is 0.216 e. The summed E-state index contributed by atoms with van der Waals surface area (Å²) in [6.07, 6.45) is 5.22. The summed E-state index contributed by atoms with van der Waals surface area (Å²) in [6.45, 7) is 9.76. The Labute approximate surface area is 271 Å². The Morgan fingerprint density at radius 1 is 0.864 bits per heavy atom. The van der Waals surface area contributed by atoms with Crippen molar-refractivity contribution in [2.24, 2.45) is 5.41 Å². The number of furan rings is 1. The molecule has 7 aromatic rings. The molecular formula is C38H32IrN4O-2. The second kappa shape index (κ2) is 12.0. The van der Waals surface area contributed by atoms with E-state index in [0.29, 0.717) is 5.71 Å². The van der Waals surface area contributed by atoms with E-state index in [2.05, 4.69) is 77.8 Å². The fourth-order valence-electron chi connectivity index (χ4n) is 5.89. The van der Waals surface area contributed by atoms with E-state index >= 15 is 0 Å². The molecule has 0 saturated carbocycles. The first kappa shape index (κ1) is 29.7. The number of aryl methyl sites for hydroxylation is 1. The fraction of sp³-hybridized carbons (Fsp3) is 0.184. The molecule has 3 aromatic carbocycles. The van der Waals surface area contributed by atoms with Crippen LogP contribution in [0.25, 0.3) is 61.8 Å². The van der Waals surface area contributed by atoms with Gasteiger partial charge in [-0.3, -0.25) is 4.98 Å². The molecule has 0 spiro atoms. The van der Waals surface area contributed by atoms with Crippen LogP contribution in [-0.4, -0.2) is 19.5 Å². The molecular weight excluding hydrogens is 721 g/mol. The molecule has 5 nitrogen and oxygen atoms in total. The summed E-state index contributed by atoms with van der Waals surface area (Å²) in [5.41, 5.74) is 10.5. The molecule has 0 amide bonds. The number of fused-ring (bicyclic) bond motifs is 3. The van der Waals surface area contributed by atoms with Crippen molar-refractivity contribution in [3.63, 3.8) is 0 Å². The van der Waals surface area contributed by atoms with Crippen LogP contribution in [-0.2, 0) is 26.7 Å². The Morgan fingerprint density at radius 3 is 2.50 bits per heavy atom. The third-order valence-corrected chi connectivity index (χ3v) is 7.58. The van der Waals surface area contributed by atoms with E-state index in [0.717, 1.165) is 63.2 Å². The molecule has 0 bridgehead atoms. The molecule has 0 atom stereocenters. The van der Waals surface area contributed by atoms with Crippen molar-refractivity contribution in [1.82, 2.24) is 19.5 Å². The summed E-state index contributed by atoms with van der Waals surface area (Å²) in [7, 11) is 0. The predicted octanol–water partition coefficient (Wildman–Crippen LogP) is 9.49. The van der Waals surface area contributed by atoms with Crippen LogP contribution in [0.1, 0.15) is 38.4 Å². The molecule has 221 valence electrons. The standard InChI is InChI=1S/C21H21N2.C17H11N2O.Ir/c1-21(2,3)13-15-12-17-10-7-11-18-19(17)23(14-15)20(22-18)16-8-5-4-6-9-16;1-11-8-9-13-12-5-4-6-14(15-7-2-3-10-18-15)16(12)20-17(13)19-11;/h4-8,10-12H,13-14H2,1-3H3;2-5,7-10H,1H3;/q2*-1;. The topological polar surface area (TPSA) is 56.7 Å². The zero-order chi connectivity index (χ0) is 29.6. The number of para-hydroxylation sites is 1. The van der Waals surface area contributed by atoms with Crippen LogP contribution in [0, 0.1) is 24.5 Å². The van der Waals surface area contributed by atoms with Crippen molar-refractivity contribution in [3.05, 3.63) is 120 Å². The molecule has 0 fully saturated rings. The van der Waals surface area contributed by atoms with E-state index in [1.165, 1.54) is 16.7 Å². The summed E-state index contributed by atoms with van der Waals surface area (Å²) in [6, 6.07) is 34.8. The minimum atomic E-state index is 0. The van der Waals surface area contributed by atoms with Crippen molar-refractivity contribution in [2.75, 3.05) is 0 Å². The molecule has 5 heterocycles. The van der Waals surface area contributed by atoms with Crippen LogP contribution in [0.4, 0.5) is 0 Å². The monoisotopic (exact) mass is 753 g/mol. The number of aromatic nitrogens is 4. The zero-order valence-corrected chi connectivity index (χ0v) is 27.6. The second-order valence-corrected chi connectivity index (χ2v) is 12.3. The van der Waals surface area contributed by atoms with Crippen LogP contribution >= 0.6 is 0 Å². The summed E-state index contributed by atoms with van der Waals surface area (Å²) in [5.74, 6) is 1.02. The Morgan fingerprint density at radius 2 is 1.73 bits per heavy atom. The van der Waals surface area contributed by atoms with E-state index in [-0.39, 0.29) is 25.5 Å². The average Bonchev–Trinajstić information content (AvgIpc) is 3.56. The normalized spacial score (nSPS) is 12.5. The Balaban J connectivity index is 0.000000154. The maximum Gasteiger partial charge on any atom is 0.216 e. The van der Waals surface area contributed by atoms with Gasteiger partial charge >= 0.3 is 0 Å². The van der Waals surface area contributed by atoms with Crippen LogP contribution in [0.15, 0.2) is 101 Å². The van der Waals surface area contributed by atoms with Gasteiger partial charge in [-0.05, 0) is 54.3 Å². The third-order valence-electron chi connectivity index (χ3n) is 7.58. The van der Waals surface area contributed by atoms with Crippen molar-refractivity contribution in [2.45, 2.75) is 40.7 Å². The number of benzene rings is 3. The van der Waals surface area contributed by atoms with Gasteiger partial charge in [-0.1, -0.05) is 67.6 Å². The van der Waals surface area contributed by atoms with Crippen molar-refractivity contribution in [1.29, 1.82) is 0 Å². The van der Waals surface area contributed by atoms with E-state index in [1.807, 2.05) is 67.6 Å². The summed E-state index contributed by atoms with van der Waals surface area (Å²) in [5, 5.41) is 2.07. The van der Waals surface area contributed by atoms with Gasteiger partial charge in [0, 0.05) is 43.9 Å². The summed E-state index contributed by atoms with van der Waals surface area (Å²) < 4.78 is 8.30. The van der Waals surface area contributed by atoms with Crippen LogP contribution < -0.4 is 0 Å². The van der Waals surface area contributed by atoms with Gasteiger partial charge in [0.2, 0.25) is 5.71 Å². The molecule has 1 radical (unpaired) electrons. The quantitative estimate of drug-likeness (QED) is 0.169. The largest absolute Gasteiger partial charge is 0.486 e. The molecule has 8 rings (SSSR count). The van der Waals surface area contributed by atoms with Gasteiger partial charge in [-0.25, -0.2) is 4.98 Å². The molecule has 0 aliphatic carbocycles. The van der Waals surface area contributed by atoms with Crippen molar-refractivity contribution < 1.29 is 24.5 Å². The van der Waals surface area contributed by atoms with E-state index < -0.39 is 0 Å². The number of hydrogen-bond donors (Lipinski definition) is 0. The first-order valence-electron chi connectivity index (χ1n) is 14.6. The molecule has 1 aliphatic heterocycles. The fourth-order valence-corrected chi connectivity index (χ4v) is 5.89. The van der Waals surface area contributed by atoms with Gasteiger partial charge in [0.15, 0.2) is 0 Å². The van der Waals surface area contributed by atoms with Gasteiger partial charge < -0.3 is 14.0 Å². The summed E-state index contributed by atoms with van der Waals surface area (Å²) in [4.78, 5) is 13.7. The van der Waals surface area contributed by atoms with E-state index in [1.54, 1.807) is 6.20 Å². The molecule has 0 saturated heterocycles. The minimum Gasteiger partial charge on any atom is -0.486 e. The number of imidazole rings is 1. The predicted molar refractivity (Wildman–Crippen MR) is 174 cm³/mol. The van der Waals surface area contributed by atoms with E-state index in [4.69, 9.17) is 9.40 Å². The first-order chi connectivity index (χ1) is 20.8. The average molecular weight is 753 g/mol. The SMILES string of the molecule is CC(C)(C)CC1=Cc2cccc3nc(-c4[c-]cccc4)n(c23)C1.Cc1ccc2c(n1)oc1c(-c3ccccn3)[c-]ccc12.[Ir]. The molecule has 0 N–H and O–H groups in total. The van der Waals surface area contributed by atoms with Crippen LogP contribution in [0.3, 0.4) is 0 Å². The maximum atomic E-state index is 5.94. The summed E-state index contributed by atoms with van der Waals surface area (Å²) >= 11 is 0. The number of rotatable bonds is 3. The third kappa shape index (κ3) is 5.76. The molecule has 4 aromatic heterocycles. The van der Waals surface area contributed by atoms with E-state index in [9.17, 15) is 0 Å². The maximum absolute atomic E-state index is 5.94. The Kier molecular flexibility index (Phi) is 8.06. The molecule has 0 unspecified atom stereocenters. The molecule has 6 heteroatoms. The number of hydrogen-bond acceptors (Lipinski definition) is 4. The van der Waals surface area contributed by atoms with Crippen molar-refractivity contribution >= 4 is 39.2 Å². The number of nitrogens with zero attached hydrogens (tertiary/aromatic N) is 4. The van der Waals surface area contributed by atoms with Gasteiger partial charge in [-0.15, -0.1) is 54.1 Å².